The van der Waals surface area contributed by atoms with Crippen molar-refractivity contribution < 1.29 is 38.3 Å². The van der Waals surface area contributed by atoms with Gasteiger partial charge in [-0.2, -0.15) is 0 Å². The molecule has 0 aromatic heterocycles. The van der Waals surface area contributed by atoms with Gasteiger partial charge in [0.2, 0.25) is 35.4 Å². The van der Waals surface area contributed by atoms with E-state index >= 15 is 0 Å². The van der Waals surface area contributed by atoms with Crippen LogP contribution >= 0.6 is 46.4 Å². The molecule has 0 aromatic carbocycles. The summed E-state index contributed by atoms with van der Waals surface area (Å²) in [5, 5.41) is 16.7. The van der Waals surface area contributed by atoms with Gasteiger partial charge in [0.15, 0.2) is 0 Å². The van der Waals surface area contributed by atoms with Gasteiger partial charge in [0, 0.05) is 78.5 Å². The Bertz CT molecular complexity index is 1080. The number of rotatable bonds is 34. The quantitative estimate of drug-likeness (QED) is 0.0293. The average molecular weight is 894 g/mol. The number of hydrogen-bond donors (Lipinski definition) is 6. The monoisotopic (exact) mass is 891 g/mol. The third-order valence-electron chi connectivity index (χ3n) is 7.83. The second-order valence-electron chi connectivity index (χ2n) is 14.2. The molecule has 0 atom stereocenters. The zero-order valence-corrected chi connectivity index (χ0v) is 36.8. The minimum absolute atomic E-state index is 0.0434. The molecule has 0 aliphatic rings. The van der Waals surface area contributed by atoms with Crippen LogP contribution in [-0.2, 0) is 38.3 Å². The molecule has 6 N–H and O–H groups in total. The Morgan fingerprint density at radius 2 is 0.632 bits per heavy atom. The van der Waals surface area contributed by atoms with Gasteiger partial charge in [-0.3, -0.25) is 48.3 Å². The lowest BCUT2D eigenvalue weighted by molar-refractivity contribution is -0.156. The number of carbonyl (C=O) groups excluding carboxylic acids is 7. The molecule has 0 aromatic rings. The van der Waals surface area contributed by atoms with Crippen molar-refractivity contribution in [3.8, 4) is 0 Å². The van der Waals surface area contributed by atoms with E-state index in [1.54, 1.807) is 20.8 Å². The van der Waals surface area contributed by atoms with E-state index in [4.69, 9.17) is 51.1 Å². The summed E-state index contributed by atoms with van der Waals surface area (Å²) >= 11 is 22.2. The number of alkyl halides is 4. The van der Waals surface area contributed by atoms with Crippen LogP contribution in [0.2, 0.25) is 0 Å². The molecule has 0 fully saturated rings. The number of halogens is 4. The maximum atomic E-state index is 12.9. The van der Waals surface area contributed by atoms with Crippen molar-refractivity contribution in [1.29, 1.82) is 0 Å². The van der Waals surface area contributed by atoms with E-state index in [2.05, 4.69) is 31.9 Å². The van der Waals surface area contributed by atoms with Crippen molar-refractivity contribution >= 4 is 87.8 Å². The Labute approximate surface area is 358 Å². The topological polar surface area (TPSA) is 211 Å². The summed E-state index contributed by atoms with van der Waals surface area (Å²) in [6.45, 7) is 11.2. The van der Waals surface area contributed by atoms with Crippen LogP contribution in [0.5, 0.6) is 0 Å². The van der Waals surface area contributed by atoms with E-state index in [-0.39, 0.29) is 84.6 Å². The molecule has 0 radical (unpaired) electrons. The lowest BCUT2D eigenvalue weighted by atomic mass is 10.2. The van der Waals surface area contributed by atoms with Crippen molar-refractivity contribution in [1.82, 2.24) is 46.6 Å². The molecule has 0 spiro atoms. The summed E-state index contributed by atoms with van der Waals surface area (Å²) in [5.74, 6) is -2.31. The molecule has 0 rings (SSSR count). The number of ether oxygens (including phenoxy) is 1. The zero-order valence-electron chi connectivity index (χ0n) is 33.8. The van der Waals surface area contributed by atoms with Crippen LogP contribution in [0.4, 0.5) is 0 Å². The molecule has 0 aliphatic heterocycles. The van der Waals surface area contributed by atoms with E-state index in [9.17, 15) is 33.6 Å². The first kappa shape index (κ1) is 54.3. The molecule has 17 nitrogen and oxygen atoms in total. The fraction of sp³-hybridized carbons (Fsp3) is 0.806. The van der Waals surface area contributed by atoms with Crippen LogP contribution in [0.3, 0.4) is 0 Å². The first-order valence-corrected chi connectivity index (χ1v) is 21.5. The molecule has 0 bridgehead atoms. The highest BCUT2D eigenvalue weighted by molar-refractivity contribution is 6.28. The summed E-state index contributed by atoms with van der Waals surface area (Å²) in [4.78, 5) is 90.2. The van der Waals surface area contributed by atoms with Gasteiger partial charge in [-0.1, -0.05) is 0 Å². The second-order valence-corrected chi connectivity index (χ2v) is 15.2. The maximum absolute atomic E-state index is 12.9. The van der Waals surface area contributed by atoms with Crippen molar-refractivity contribution in [2.45, 2.75) is 64.9 Å². The fourth-order valence-electron chi connectivity index (χ4n) is 5.26. The molecule has 0 aliphatic carbocycles. The normalized spacial score (nSPS) is 11.3. The van der Waals surface area contributed by atoms with Gasteiger partial charge in [-0.15, -0.1) is 46.4 Å². The maximum Gasteiger partial charge on any atom is 0.320 e. The van der Waals surface area contributed by atoms with Crippen LogP contribution in [0.1, 0.15) is 59.3 Å². The number of amides is 6. The van der Waals surface area contributed by atoms with Crippen LogP contribution in [0, 0.1) is 0 Å². The number of nitrogens with one attached hydrogen (secondary N) is 6. The highest BCUT2D eigenvalue weighted by atomic mass is 35.5. The van der Waals surface area contributed by atoms with Gasteiger partial charge in [-0.05, 0) is 59.3 Å². The van der Waals surface area contributed by atoms with Gasteiger partial charge < -0.3 is 36.6 Å². The molecule has 0 heterocycles. The van der Waals surface area contributed by atoms with Gasteiger partial charge in [0.05, 0.1) is 19.6 Å². The van der Waals surface area contributed by atoms with Crippen LogP contribution < -0.4 is 31.9 Å². The van der Waals surface area contributed by atoms with Crippen molar-refractivity contribution in [2.24, 2.45) is 0 Å². The van der Waals surface area contributed by atoms with E-state index < -0.39 is 5.60 Å². The lowest BCUT2D eigenvalue weighted by Crippen LogP contribution is -2.42. The summed E-state index contributed by atoms with van der Waals surface area (Å²) in [6.07, 6.45) is 3.54. The third kappa shape index (κ3) is 34.0. The first-order valence-electron chi connectivity index (χ1n) is 19.3. The Morgan fingerprint density at radius 3 is 0.860 bits per heavy atom. The highest BCUT2D eigenvalue weighted by Crippen LogP contribution is 2.08. The number of hydrogen-bond acceptors (Lipinski definition) is 11. The van der Waals surface area contributed by atoms with E-state index in [1.165, 1.54) is 0 Å². The standard InChI is InChI=1S/C36H65Cl4N9O8/c1-36(2,3)57-35(56)28-49(20-8-14-45-33(54)26-47(16-4-10-41-29(50)22-37)17-5-11-42-30(51)23-38)21-9-15-46-34(55)27-48(18-6-12-43-31(52)24-39)19-7-13-44-32(53)25-40/h4-28H2,1-3H3,(H,41,50)(H,42,51)(H,43,52)(H,44,53)(H,45,54)(H,46,55). The number of esters is 1. The van der Waals surface area contributed by atoms with E-state index in [1.807, 2.05) is 14.7 Å². The Hall–Kier alpha value is -2.67. The predicted octanol–water partition coefficient (Wildman–Crippen LogP) is 0.227. The summed E-state index contributed by atoms with van der Waals surface area (Å²) in [7, 11) is 0. The minimum atomic E-state index is -0.654. The molecule has 0 saturated heterocycles. The predicted molar refractivity (Wildman–Crippen MR) is 224 cm³/mol. The van der Waals surface area contributed by atoms with Gasteiger partial charge in [0.25, 0.3) is 0 Å². The van der Waals surface area contributed by atoms with Gasteiger partial charge >= 0.3 is 5.97 Å². The van der Waals surface area contributed by atoms with Crippen LogP contribution in [0.15, 0.2) is 0 Å². The molecular formula is C36H65Cl4N9O8. The molecule has 21 heteroatoms. The molecule has 0 saturated carbocycles. The zero-order chi connectivity index (χ0) is 42.9. The number of nitrogens with zero attached hydrogens (tertiary/aromatic N) is 3. The number of carbonyl (C=O) groups is 7. The SMILES string of the molecule is CC(C)(C)OC(=O)CN(CCCNC(=O)CN(CCCNC(=O)CCl)CCCNC(=O)CCl)CCCNC(=O)CN(CCCNC(=O)CCl)CCCNC(=O)CCl. The van der Waals surface area contributed by atoms with E-state index in [0.717, 1.165) is 0 Å². The fourth-order valence-corrected chi connectivity index (χ4v) is 5.63. The minimum Gasteiger partial charge on any atom is -0.459 e. The lowest BCUT2D eigenvalue weighted by Gasteiger charge is -2.25. The van der Waals surface area contributed by atoms with Gasteiger partial charge in [0.1, 0.15) is 29.1 Å². The molecule has 6 amide bonds. The largest absolute Gasteiger partial charge is 0.459 e. The first-order chi connectivity index (χ1) is 27.1. The van der Waals surface area contributed by atoms with E-state index in [0.29, 0.717) is 117 Å². The molecular weight excluding hydrogens is 828 g/mol. The van der Waals surface area contributed by atoms with Crippen molar-refractivity contribution in [2.75, 3.05) is 122 Å². The van der Waals surface area contributed by atoms with Crippen molar-refractivity contribution in [3.63, 3.8) is 0 Å². The third-order valence-corrected chi connectivity index (χ3v) is 8.80. The smallest absolute Gasteiger partial charge is 0.320 e. The molecule has 330 valence electrons. The Morgan fingerprint density at radius 1 is 0.404 bits per heavy atom. The molecule has 0 unspecified atom stereocenters. The van der Waals surface area contributed by atoms with Gasteiger partial charge in [-0.25, -0.2) is 0 Å². The second kappa shape index (κ2) is 34.2. The van der Waals surface area contributed by atoms with Crippen molar-refractivity contribution in [3.05, 3.63) is 0 Å². The Balaban J connectivity index is 5.07. The Kier molecular flexibility index (Phi) is 32.6. The average Bonchev–Trinajstić information content (AvgIpc) is 3.16. The van der Waals surface area contributed by atoms with Crippen LogP contribution in [0.25, 0.3) is 0 Å². The molecule has 57 heavy (non-hydrogen) atoms. The summed E-state index contributed by atoms with van der Waals surface area (Å²) < 4.78 is 5.53. The highest BCUT2D eigenvalue weighted by Gasteiger charge is 2.20. The summed E-state index contributed by atoms with van der Waals surface area (Å²) in [5.41, 5.74) is -0.654. The summed E-state index contributed by atoms with van der Waals surface area (Å²) in [6, 6.07) is 0. The van der Waals surface area contributed by atoms with Crippen LogP contribution in [-0.4, -0.2) is 183 Å².